The molecule has 4 nitrogen and oxygen atoms in total. The molecule has 0 bridgehead atoms. The average molecular weight is 782 g/mol. The molecule has 9 aromatic rings. The van der Waals surface area contributed by atoms with Crippen molar-refractivity contribution in [3.8, 4) is 11.1 Å². The first-order valence-electron chi connectivity index (χ1n) is 18.8. The highest BCUT2D eigenvalue weighted by molar-refractivity contribution is 9.10. The molecular weight excluding hydrogens is 743 g/mol. The summed E-state index contributed by atoms with van der Waals surface area (Å²) >= 11 is 3.46. The third-order valence-electron chi connectivity index (χ3n) is 12.0. The van der Waals surface area contributed by atoms with Gasteiger partial charge in [0.05, 0.1) is 16.6 Å². The third kappa shape index (κ3) is 5.26. The van der Waals surface area contributed by atoms with Gasteiger partial charge in [-0.2, -0.15) is 0 Å². The number of rotatable bonds is 3. The molecule has 0 unspecified atom stereocenters. The molecule has 1 saturated heterocycles. The van der Waals surface area contributed by atoms with Gasteiger partial charge in [0.2, 0.25) is 0 Å². The fraction of sp³-hybridized carbons (Fsp3) is 0.143. The van der Waals surface area contributed by atoms with Gasteiger partial charge in [-0.05, 0) is 109 Å². The minimum Gasteiger partial charge on any atom is -0.456 e. The van der Waals surface area contributed by atoms with Crippen LogP contribution in [0.2, 0.25) is 0 Å². The lowest BCUT2D eigenvalue weighted by Gasteiger charge is -2.34. The topological polar surface area (TPSA) is 44.7 Å². The molecule has 7 aromatic carbocycles. The van der Waals surface area contributed by atoms with Gasteiger partial charge >= 0.3 is 7.12 Å². The molecule has 1 fully saturated rings. The van der Waals surface area contributed by atoms with Gasteiger partial charge in [0, 0.05) is 26.0 Å². The third-order valence-corrected chi connectivity index (χ3v) is 12.5. The van der Waals surface area contributed by atoms with Crippen molar-refractivity contribution in [3.63, 3.8) is 0 Å². The van der Waals surface area contributed by atoms with Crippen LogP contribution in [-0.4, -0.2) is 18.3 Å². The van der Waals surface area contributed by atoms with Crippen LogP contribution in [0.15, 0.2) is 171 Å². The lowest BCUT2D eigenvalue weighted by molar-refractivity contribution is 0.00578. The normalized spacial score (nSPS) is 16.3. The summed E-state index contributed by atoms with van der Waals surface area (Å²) in [6, 6.07) is 55.7. The molecule has 2 aliphatic rings. The summed E-state index contributed by atoms with van der Waals surface area (Å²) in [7, 11) is -0.401. The highest BCUT2D eigenvalue weighted by Gasteiger charge is 2.52. The number of halogens is 1. The lowest BCUT2D eigenvalue weighted by atomic mass is 9.66. The van der Waals surface area contributed by atoms with Gasteiger partial charge < -0.3 is 18.1 Å². The average Bonchev–Trinajstić information content (AvgIpc) is 3.91. The molecule has 3 heterocycles. The number of para-hydroxylation sites is 2. The van der Waals surface area contributed by atoms with Crippen LogP contribution in [-0.2, 0) is 14.7 Å². The van der Waals surface area contributed by atoms with Crippen molar-refractivity contribution in [1.82, 2.24) is 0 Å². The van der Waals surface area contributed by atoms with E-state index in [2.05, 4.69) is 159 Å². The van der Waals surface area contributed by atoms with Gasteiger partial charge in [-0.3, -0.25) is 0 Å². The molecule has 268 valence electrons. The molecule has 0 spiro atoms. The second kappa shape index (κ2) is 12.6. The van der Waals surface area contributed by atoms with E-state index in [0.29, 0.717) is 0 Å². The Hall–Kier alpha value is -5.40. The maximum Gasteiger partial charge on any atom is 0.494 e. The Labute approximate surface area is 329 Å². The summed E-state index contributed by atoms with van der Waals surface area (Å²) in [5, 5.41) is 4.60. The zero-order valence-electron chi connectivity index (χ0n) is 31.1. The molecule has 55 heavy (non-hydrogen) atoms. The van der Waals surface area contributed by atoms with E-state index >= 15 is 0 Å². The van der Waals surface area contributed by atoms with E-state index < -0.39 is 12.5 Å². The quantitative estimate of drug-likeness (QED) is 0.168. The van der Waals surface area contributed by atoms with Crippen molar-refractivity contribution in [1.29, 1.82) is 0 Å². The first-order valence-corrected chi connectivity index (χ1v) is 19.6. The summed E-state index contributed by atoms with van der Waals surface area (Å²) in [5.41, 5.74) is 11.0. The zero-order chi connectivity index (χ0) is 37.5. The zero-order valence-corrected chi connectivity index (χ0v) is 32.7. The van der Waals surface area contributed by atoms with Crippen LogP contribution < -0.4 is 5.46 Å². The molecule has 1 aliphatic carbocycles. The van der Waals surface area contributed by atoms with Crippen molar-refractivity contribution >= 4 is 72.4 Å². The second-order valence-corrected chi connectivity index (χ2v) is 16.5. The maximum absolute atomic E-state index is 6.39. The maximum atomic E-state index is 6.39. The smallest absolute Gasteiger partial charge is 0.456 e. The predicted molar refractivity (Wildman–Crippen MR) is 228 cm³/mol. The standard InChI is InChI=1S/C37H31BO3.C12H7BrO/c1-35(2)36(3,4)41-38(40-35)26-20-17-24(18-21-26)37(31-14-8-5-11-27(31)28-12-6-9-15-32(28)37)25-19-22-34-30(23-25)29-13-7-10-16-33(29)39-34;13-8-5-6-12-10(7-8)9-3-1-2-4-11(9)14-12/h5-23H,1-4H3;1-7H. The Morgan fingerprint density at radius 1 is 0.436 bits per heavy atom. The van der Waals surface area contributed by atoms with Gasteiger partial charge in [0.25, 0.3) is 0 Å². The molecule has 0 N–H and O–H groups in total. The van der Waals surface area contributed by atoms with Crippen molar-refractivity contribution in [2.24, 2.45) is 0 Å². The largest absolute Gasteiger partial charge is 0.494 e. The Morgan fingerprint density at radius 2 is 0.891 bits per heavy atom. The summed E-state index contributed by atoms with van der Waals surface area (Å²) in [4.78, 5) is 0. The van der Waals surface area contributed by atoms with Crippen LogP contribution >= 0.6 is 15.9 Å². The van der Waals surface area contributed by atoms with E-state index in [1.807, 2.05) is 42.5 Å². The molecule has 11 rings (SSSR count). The molecule has 1 aliphatic heterocycles. The van der Waals surface area contributed by atoms with Crippen LogP contribution in [0.5, 0.6) is 0 Å². The van der Waals surface area contributed by atoms with Crippen molar-refractivity contribution in [2.45, 2.75) is 44.3 Å². The van der Waals surface area contributed by atoms with Crippen molar-refractivity contribution < 1.29 is 18.1 Å². The fourth-order valence-corrected chi connectivity index (χ4v) is 8.91. The van der Waals surface area contributed by atoms with Gasteiger partial charge in [-0.25, -0.2) is 0 Å². The highest BCUT2D eigenvalue weighted by atomic mass is 79.9. The van der Waals surface area contributed by atoms with Crippen LogP contribution in [0.4, 0.5) is 0 Å². The number of hydrogen-bond donors (Lipinski definition) is 0. The van der Waals surface area contributed by atoms with Crippen molar-refractivity contribution in [3.05, 3.63) is 184 Å². The second-order valence-electron chi connectivity index (χ2n) is 15.6. The molecule has 2 aromatic heterocycles. The molecule has 0 atom stereocenters. The minimum atomic E-state index is -0.492. The highest BCUT2D eigenvalue weighted by Crippen LogP contribution is 2.56. The fourth-order valence-electron chi connectivity index (χ4n) is 8.55. The number of fused-ring (bicyclic) bond motifs is 9. The van der Waals surface area contributed by atoms with Crippen LogP contribution in [0.1, 0.15) is 49.9 Å². The first kappa shape index (κ1) is 34.1. The Balaban J connectivity index is 0.000000222. The Morgan fingerprint density at radius 3 is 1.47 bits per heavy atom. The lowest BCUT2D eigenvalue weighted by Crippen LogP contribution is -2.41. The van der Waals surface area contributed by atoms with E-state index in [9.17, 15) is 0 Å². The molecule has 0 amide bonds. The summed E-state index contributed by atoms with van der Waals surface area (Å²) in [6.07, 6.45) is 0. The SMILES string of the molecule is Brc1ccc2oc3ccccc3c2c1.CC1(C)OB(c2ccc(C3(c4ccc5oc6ccccc6c5c4)c4ccccc4-c4ccccc43)cc2)OC1(C)C. The first-order chi connectivity index (χ1) is 26.6. The van der Waals surface area contributed by atoms with Gasteiger partial charge in [0.1, 0.15) is 22.3 Å². The van der Waals surface area contributed by atoms with Gasteiger partial charge in [-0.1, -0.05) is 131 Å². The summed E-state index contributed by atoms with van der Waals surface area (Å²) < 4.78 is 25.8. The van der Waals surface area contributed by atoms with E-state index in [1.54, 1.807) is 0 Å². The summed E-state index contributed by atoms with van der Waals surface area (Å²) in [5.74, 6) is 0. The van der Waals surface area contributed by atoms with E-state index in [0.717, 1.165) is 48.4 Å². The van der Waals surface area contributed by atoms with Crippen LogP contribution in [0, 0.1) is 0 Å². The number of benzene rings is 7. The van der Waals surface area contributed by atoms with Crippen LogP contribution in [0.25, 0.3) is 55.0 Å². The minimum absolute atomic E-state index is 0.385. The van der Waals surface area contributed by atoms with Gasteiger partial charge in [-0.15, -0.1) is 0 Å². The monoisotopic (exact) mass is 780 g/mol. The van der Waals surface area contributed by atoms with Crippen molar-refractivity contribution in [2.75, 3.05) is 0 Å². The molecular formula is C49H38BBrO4. The summed E-state index contributed by atoms with van der Waals surface area (Å²) in [6.45, 7) is 8.38. The Bertz CT molecular complexity index is 2860. The molecule has 0 radical (unpaired) electrons. The van der Waals surface area contributed by atoms with E-state index in [1.165, 1.54) is 38.8 Å². The van der Waals surface area contributed by atoms with E-state index in [-0.39, 0.29) is 11.2 Å². The molecule has 0 saturated carbocycles. The van der Waals surface area contributed by atoms with Crippen LogP contribution in [0.3, 0.4) is 0 Å². The van der Waals surface area contributed by atoms with E-state index in [4.69, 9.17) is 18.1 Å². The number of furan rings is 2. The Kier molecular flexibility index (Phi) is 7.80. The number of hydrogen-bond acceptors (Lipinski definition) is 4. The predicted octanol–water partition coefficient (Wildman–Crippen LogP) is 12.6. The molecule has 6 heteroatoms. The van der Waals surface area contributed by atoms with Gasteiger partial charge in [0.15, 0.2) is 0 Å².